The molecule has 3 aromatic heterocycles. The number of hydrogen-bond acceptors (Lipinski definition) is 8. The first kappa shape index (κ1) is 21.7. The van der Waals surface area contributed by atoms with Crippen molar-refractivity contribution in [3.63, 3.8) is 0 Å². The normalized spacial score (nSPS) is 11.6. The van der Waals surface area contributed by atoms with Gasteiger partial charge in [-0.1, -0.05) is 30.3 Å². The van der Waals surface area contributed by atoms with Crippen molar-refractivity contribution in [2.24, 2.45) is 4.99 Å². The molecule has 0 amide bonds. The molecule has 0 radical (unpaired) electrons. The number of aromatic amines is 3. The maximum absolute atomic E-state index is 12.4. The summed E-state index contributed by atoms with van der Waals surface area (Å²) in [5.41, 5.74) is -0.518. The summed E-state index contributed by atoms with van der Waals surface area (Å²) in [7, 11) is 0. The Labute approximate surface area is 194 Å². The minimum Gasteiger partial charge on any atom is -0.494 e. The van der Waals surface area contributed by atoms with Crippen molar-refractivity contribution < 1.29 is 5.11 Å². The average Bonchev–Trinajstić information content (AvgIpc) is 2.81. The van der Waals surface area contributed by atoms with Crippen molar-refractivity contribution in [1.29, 1.82) is 0 Å². The third-order valence-corrected chi connectivity index (χ3v) is 5.38. The average molecular weight is 471 g/mol. The van der Waals surface area contributed by atoms with E-state index in [2.05, 4.69) is 29.9 Å². The number of rotatable bonds is 4. The molecule has 4 N–H and O–H groups in total. The fourth-order valence-electron chi connectivity index (χ4n) is 3.62. The fraction of sp³-hybridized carbons (Fsp3) is 0.0870. The third-order valence-electron chi connectivity index (χ3n) is 5.38. The zero-order valence-corrected chi connectivity index (χ0v) is 18.2. The number of hydrogen-bond donors (Lipinski definition) is 4. The Morgan fingerprint density at radius 1 is 0.971 bits per heavy atom. The van der Waals surface area contributed by atoms with Gasteiger partial charge in [0.05, 0.1) is 23.3 Å². The molecule has 0 bridgehead atoms. The van der Waals surface area contributed by atoms with Gasteiger partial charge in [0.1, 0.15) is 5.56 Å². The van der Waals surface area contributed by atoms with Gasteiger partial charge in [0.25, 0.3) is 11.1 Å². The van der Waals surface area contributed by atoms with Gasteiger partial charge in [-0.25, -0.2) is 19.6 Å². The minimum atomic E-state index is -0.790. The van der Waals surface area contributed by atoms with Crippen LogP contribution in [0.4, 0.5) is 5.69 Å². The molecule has 0 aliphatic heterocycles. The highest BCUT2D eigenvalue weighted by molar-refractivity contribution is 5.89. The number of fused-ring (bicyclic) bond motifs is 2. The van der Waals surface area contributed by atoms with Crippen LogP contribution in [0.3, 0.4) is 0 Å². The van der Waals surface area contributed by atoms with Crippen LogP contribution >= 0.6 is 0 Å². The van der Waals surface area contributed by atoms with Gasteiger partial charge in [-0.15, -0.1) is 0 Å². The van der Waals surface area contributed by atoms with E-state index in [1.54, 1.807) is 43.3 Å². The largest absolute Gasteiger partial charge is 0.494 e. The van der Waals surface area contributed by atoms with Crippen molar-refractivity contribution in [2.75, 3.05) is 0 Å². The van der Waals surface area contributed by atoms with Gasteiger partial charge in [0, 0.05) is 6.21 Å². The summed E-state index contributed by atoms with van der Waals surface area (Å²) in [5, 5.41) is 10.7. The molecule has 2 aromatic carbocycles. The van der Waals surface area contributed by atoms with E-state index in [0.29, 0.717) is 22.3 Å². The highest BCUT2D eigenvalue weighted by atomic mass is 16.3. The van der Waals surface area contributed by atoms with Crippen molar-refractivity contribution in [3.05, 3.63) is 101 Å². The Morgan fingerprint density at radius 2 is 1.71 bits per heavy atom. The maximum Gasteiger partial charge on any atom is 0.331 e. The van der Waals surface area contributed by atoms with Gasteiger partial charge in [-0.3, -0.25) is 34.1 Å². The molecule has 12 heteroatoms. The van der Waals surface area contributed by atoms with E-state index >= 15 is 0 Å². The number of nitrogens with one attached hydrogen (secondary N) is 3. The summed E-state index contributed by atoms with van der Waals surface area (Å²) in [6.45, 7) is 1.80. The van der Waals surface area contributed by atoms with E-state index in [-0.39, 0.29) is 23.3 Å². The monoisotopic (exact) mass is 471 g/mol. The SMILES string of the molecule is Cc1cc2nc3c(=O)[nH]c(=O)[nH]c3nc2cc1N=Cc1c(O)n(Cc2ccccc2)c(=O)[nH]c1=O. The smallest absolute Gasteiger partial charge is 0.331 e. The molecule has 0 fully saturated rings. The molecule has 35 heavy (non-hydrogen) atoms. The highest BCUT2D eigenvalue weighted by Crippen LogP contribution is 2.25. The Bertz CT molecular complexity index is 1880. The number of aromatic hydroxyl groups is 1. The van der Waals surface area contributed by atoms with Gasteiger partial charge < -0.3 is 5.11 Å². The number of nitrogens with zero attached hydrogens (tertiary/aromatic N) is 4. The van der Waals surface area contributed by atoms with Gasteiger partial charge in [0.15, 0.2) is 11.2 Å². The van der Waals surface area contributed by atoms with E-state index < -0.39 is 28.4 Å². The Morgan fingerprint density at radius 3 is 2.49 bits per heavy atom. The summed E-state index contributed by atoms with van der Waals surface area (Å²) < 4.78 is 1.04. The molecule has 174 valence electrons. The fourth-order valence-corrected chi connectivity index (χ4v) is 3.62. The van der Waals surface area contributed by atoms with Crippen molar-refractivity contribution >= 4 is 34.1 Å². The van der Waals surface area contributed by atoms with Crippen molar-refractivity contribution in [3.8, 4) is 5.88 Å². The Hall–Kier alpha value is -5.13. The Kier molecular flexibility index (Phi) is 5.17. The molecular weight excluding hydrogens is 454 g/mol. The zero-order chi connectivity index (χ0) is 24.7. The van der Waals surface area contributed by atoms with Crippen LogP contribution in [0.1, 0.15) is 16.7 Å². The van der Waals surface area contributed by atoms with Crippen LogP contribution in [0, 0.1) is 6.92 Å². The van der Waals surface area contributed by atoms with Crippen LogP contribution in [0.25, 0.3) is 22.2 Å². The molecular formula is C23H17N7O5. The second-order valence-corrected chi connectivity index (χ2v) is 7.78. The quantitative estimate of drug-likeness (QED) is 0.221. The third kappa shape index (κ3) is 4.04. The van der Waals surface area contributed by atoms with Crippen molar-refractivity contribution in [1.82, 2.24) is 29.5 Å². The minimum absolute atomic E-state index is 0.00937. The van der Waals surface area contributed by atoms with E-state index in [4.69, 9.17) is 0 Å². The lowest BCUT2D eigenvalue weighted by molar-refractivity contribution is 0.408. The molecule has 0 aliphatic rings. The van der Waals surface area contributed by atoms with Gasteiger partial charge in [-0.2, -0.15) is 0 Å². The number of aryl methyl sites for hydroxylation is 1. The topological polar surface area (TPSA) is 179 Å². The second kappa shape index (κ2) is 8.33. The van der Waals surface area contributed by atoms with E-state index in [9.17, 15) is 24.3 Å². The zero-order valence-electron chi connectivity index (χ0n) is 18.2. The predicted octanol–water partition coefficient (Wildman–Crippen LogP) is 0.823. The molecule has 5 rings (SSSR count). The van der Waals surface area contributed by atoms with Crippen LogP contribution in [-0.2, 0) is 6.54 Å². The number of aromatic nitrogens is 6. The molecule has 0 aliphatic carbocycles. The molecule has 0 saturated carbocycles. The summed E-state index contributed by atoms with van der Waals surface area (Å²) in [5.74, 6) is -0.521. The lowest BCUT2D eigenvalue weighted by atomic mass is 10.1. The maximum atomic E-state index is 12.4. The summed E-state index contributed by atoms with van der Waals surface area (Å²) in [6, 6.07) is 12.2. The first-order valence-electron chi connectivity index (χ1n) is 10.4. The van der Waals surface area contributed by atoms with Crippen LogP contribution < -0.4 is 22.5 Å². The first-order chi connectivity index (χ1) is 16.8. The molecule has 0 saturated heterocycles. The Balaban J connectivity index is 1.59. The predicted molar refractivity (Wildman–Crippen MR) is 129 cm³/mol. The van der Waals surface area contributed by atoms with Crippen LogP contribution in [0.5, 0.6) is 5.88 Å². The molecule has 3 heterocycles. The molecule has 12 nitrogen and oxygen atoms in total. The van der Waals surface area contributed by atoms with Crippen molar-refractivity contribution in [2.45, 2.75) is 13.5 Å². The van der Waals surface area contributed by atoms with Crippen LogP contribution in [-0.4, -0.2) is 40.8 Å². The summed E-state index contributed by atoms with van der Waals surface area (Å²) in [6.07, 6.45) is 1.16. The molecule has 0 atom stereocenters. The lowest BCUT2D eigenvalue weighted by Gasteiger charge is -2.10. The highest BCUT2D eigenvalue weighted by Gasteiger charge is 2.14. The van der Waals surface area contributed by atoms with E-state index in [1.165, 1.54) is 0 Å². The first-order valence-corrected chi connectivity index (χ1v) is 10.4. The van der Waals surface area contributed by atoms with Crippen LogP contribution in [0.2, 0.25) is 0 Å². The summed E-state index contributed by atoms with van der Waals surface area (Å²) >= 11 is 0. The van der Waals surface area contributed by atoms with Gasteiger partial charge >= 0.3 is 11.4 Å². The number of H-pyrrole nitrogens is 3. The van der Waals surface area contributed by atoms with Crippen LogP contribution in [0.15, 0.2) is 66.6 Å². The lowest BCUT2D eigenvalue weighted by Crippen LogP contribution is -2.32. The van der Waals surface area contributed by atoms with E-state index in [1.807, 2.05) is 6.07 Å². The standard InChI is InChI=1S/C23H17N7O5/c1-11-7-15-16(26-18-17(25-15)20(32)28-22(34)27-18)8-14(11)24-9-13-19(31)29-23(35)30(21(13)33)10-12-5-3-2-4-6-12/h2-9,33H,10H2,1H3,(H,29,31,35)(H2,26,27,28,32,34). The van der Waals surface area contributed by atoms with E-state index in [0.717, 1.165) is 16.3 Å². The molecule has 0 unspecified atom stereocenters. The number of aliphatic imine (C=N–C) groups is 1. The van der Waals surface area contributed by atoms with Gasteiger partial charge in [0.2, 0.25) is 5.88 Å². The van der Waals surface area contributed by atoms with Gasteiger partial charge in [-0.05, 0) is 30.2 Å². The second-order valence-electron chi connectivity index (χ2n) is 7.78. The number of benzene rings is 2. The molecule has 0 spiro atoms. The molecule has 5 aromatic rings. The summed E-state index contributed by atoms with van der Waals surface area (Å²) in [4.78, 5) is 67.8.